The summed E-state index contributed by atoms with van der Waals surface area (Å²) in [6.07, 6.45) is 0. The van der Waals surface area contributed by atoms with Gasteiger partial charge in [0.1, 0.15) is 6.61 Å². The Balaban J connectivity index is 2.62. The number of carboxylic acids is 1. The molecule has 3 N–H and O–H groups in total. The van der Waals surface area contributed by atoms with Gasteiger partial charge in [-0.15, -0.1) is 0 Å². The molecule has 0 spiro atoms. The van der Waals surface area contributed by atoms with Crippen molar-refractivity contribution >= 4 is 11.9 Å². The molecule has 0 heterocycles. The van der Waals surface area contributed by atoms with E-state index < -0.39 is 47.2 Å². The van der Waals surface area contributed by atoms with Crippen LogP contribution < -0.4 is 5.32 Å². The van der Waals surface area contributed by atoms with E-state index in [2.05, 4.69) is 10.1 Å². The third-order valence-corrected chi connectivity index (χ3v) is 2.14. The van der Waals surface area contributed by atoms with Crippen LogP contribution in [0.1, 0.15) is 10.4 Å². The molecule has 0 aromatic heterocycles. The first-order chi connectivity index (χ1) is 9.34. The van der Waals surface area contributed by atoms with Crippen molar-refractivity contribution in [3.05, 3.63) is 29.1 Å². The lowest BCUT2D eigenvalue weighted by molar-refractivity contribution is -0.142. The lowest BCUT2D eigenvalue weighted by Gasteiger charge is -2.08. The summed E-state index contributed by atoms with van der Waals surface area (Å²) >= 11 is 0. The van der Waals surface area contributed by atoms with Gasteiger partial charge in [0.25, 0.3) is 5.91 Å². The zero-order chi connectivity index (χ0) is 15.3. The fraction of sp³-hybridized carbons (Fsp3) is 0.273. The molecule has 0 fully saturated rings. The molecule has 1 rings (SSSR count). The predicted octanol–water partition coefficient (Wildman–Crippen LogP) is 0.641. The van der Waals surface area contributed by atoms with E-state index in [1.807, 2.05) is 0 Å². The van der Waals surface area contributed by atoms with Gasteiger partial charge in [0.15, 0.2) is 17.4 Å². The van der Waals surface area contributed by atoms with Crippen LogP contribution in [0.2, 0.25) is 0 Å². The average Bonchev–Trinajstić information content (AvgIpc) is 2.39. The lowest BCUT2D eigenvalue weighted by atomic mass is 10.1. The average molecular weight is 293 g/mol. The largest absolute Gasteiger partial charge is 0.503 e. The highest BCUT2D eigenvalue weighted by Crippen LogP contribution is 2.25. The topological polar surface area (TPSA) is 95.9 Å². The van der Waals surface area contributed by atoms with Gasteiger partial charge in [-0.05, 0) is 6.07 Å². The van der Waals surface area contributed by atoms with Crippen LogP contribution in [0, 0.1) is 17.5 Å². The van der Waals surface area contributed by atoms with Gasteiger partial charge in [0.05, 0.1) is 12.2 Å². The first-order valence-electron chi connectivity index (χ1n) is 5.28. The molecule has 20 heavy (non-hydrogen) atoms. The maximum absolute atomic E-state index is 13.3. The van der Waals surface area contributed by atoms with Crippen LogP contribution in [0.5, 0.6) is 5.75 Å². The molecule has 0 saturated carbocycles. The van der Waals surface area contributed by atoms with E-state index in [9.17, 15) is 22.8 Å². The van der Waals surface area contributed by atoms with Gasteiger partial charge in [-0.2, -0.15) is 4.39 Å². The molecule has 1 aromatic carbocycles. The second-order valence-electron chi connectivity index (χ2n) is 3.58. The second-order valence-corrected chi connectivity index (χ2v) is 3.58. The predicted molar refractivity (Wildman–Crippen MR) is 58.8 cm³/mol. The van der Waals surface area contributed by atoms with E-state index in [1.54, 1.807) is 0 Å². The molecule has 110 valence electrons. The molecule has 0 aliphatic carbocycles. The quantitative estimate of drug-likeness (QED) is 0.528. The number of benzene rings is 1. The zero-order valence-electron chi connectivity index (χ0n) is 9.95. The minimum absolute atomic E-state index is 0.171. The molecule has 0 atom stereocenters. The Morgan fingerprint density at radius 2 is 1.90 bits per heavy atom. The number of carboxylic acid groups (broad SMARTS) is 1. The Morgan fingerprint density at radius 3 is 2.50 bits per heavy atom. The number of nitrogens with one attached hydrogen (secondary N) is 1. The molecular formula is C11H10F3NO5. The Labute approximate surface area is 110 Å². The van der Waals surface area contributed by atoms with Crippen LogP contribution in [-0.2, 0) is 9.53 Å². The Kier molecular flexibility index (Phi) is 5.32. The summed E-state index contributed by atoms with van der Waals surface area (Å²) in [6, 6.07) is 0.303. The van der Waals surface area contributed by atoms with Gasteiger partial charge < -0.3 is 20.3 Å². The number of aliphatic carboxylic acids is 1. The normalized spacial score (nSPS) is 10.3. The summed E-state index contributed by atoms with van der Waals surface area (Å²) in [7, 11) is 0. The minimum Gasteiger partial charge on any atom is -0.503 e. The van der Waals surface area contributed by atoms with E-state index in [1.165, 1.54) is 0 Å². The molecule has 0 unspecified atom stereocenters. The summed E-state index contributed by atoms with van der Waals surface area (Å²) in [5.41, 5.74) is -0.875. The van der Waals surface area contributed by atoms with Gasteiger partial charge in [0.2, 0.25) is 5.82 Å². The van der Waals surface area contributed by atoms with Crippen LogP contribution in [-0.4, -0.2) is 41.8 Å². The van der Waals surface area contributed by atoms with Crippen molar-refractivity contribution in [2.24, 2.45) is 0 Å². The van der Waals surface area contributed by atoms with Crippen molar-refractivity contribution in [3.8, 4) is 5.75 Å². The van der Waals surface area contributed by atoms with Gasteiger partial charge in [-0.25, -0.2) is 13.6 Å². The number of phenolic OH excluding ortho intramolecular Hbond substituents is 1. The van der Waals surface area contributed by atoms with Gasteiger partial charge in [0, 0.05) is 6.54 Å². The van der Waals surface area contributed by atoms with Gasteiger partial charge in [-0.3, -0.25) is 4.79 Å². The van der Waals surface area contributed by atoms with Crippen LogP contribution >= 0.6 is 0 Å². The Bertz CT molecular complexity index is 535. The van der Waals surface area contributed by atoms with Crippen LogP contribution in [0.3, 0.4) is 0 Å². The Hall–Kier alpha value is -2.29. The first-order valence-corrected chi connectivity index (χ1v) is 5.28. The van der Waals surface area contributed by atoms with E-state index in [-0.39, 0.29) is 13.2 Å². The SMILES string of the molecule is O=C(O)COCCNC(=O)c1cc(F)c(F)c(O)c1F. The Morgan fingerprint density at radius 1 is 1.25 bits per heavy atom. The number of rotatable bonds is 6. The maximum Gasteiger partial charge on any atom is 0.329 e. The third-order valence-electron chi connectivity index (χ3n) is 2.14. The molecule has 9 heteroatoms. The van der Waals surface area contributed by atoms with Crippen molar-refractivity contribution < 1.29 is 37.7 Å². The fourth-order valence-electron chi connectivity index (χ4n) is 1.25. The summed E-state index contributed by atoms with van der Waals surface area (Å²) in [6.45, 7) is -0.920. The number of hydrogen-bond acceptors (Lipinski definition) is 4. The molecule has 0 saturated heterocycles. The highest BCUT2D eigenvalue weighted by molar-refractivity contribution is 5.94. The molecular weight excluding hydrogens is 283 g/mol. The zero-order valence-corrected chi connectivity index (χ0v) is 9.95. The fourth-order valence-corrected chi connectivity index (χ4v) is 1.25. The van der Waals surface area contributed by atoms with Crippen molar-refractivity contribution in [1.29, 1.82) is 0 Å². The number of phenols is 1. The van der Waals surface area contributed by atoms with Crippen LogP contribution in [0.4, 0.5) is 13.2 Å². The summed E-state index contributed by atoms with van der Waals surface area (Å²) in [5.74, 6) is -8.84. The smallest absolute Gasteiger partial charge is 0.329 e. The number of carbonyl (C=O) groups excluding carboxylic acids is 1. The van der Waals surface area contributed by atoms with E-state index in [0.29, 0.717) is 6.07 Å². The highest BCUT2D eigenvalue weighted by atomic mass is 19.2. The molecule has 1 amide bonds. The van der Waals surface area contributed by atoms with Crippen molar-refractivity contribution in [2.75, 3.05) is 19.8 Å². The number of amides is 1. The summed E-state index contributed by atoms with van der Waals surface area (Å²) in [4.78, 5) is 21.6. The van der Waals surface area contributed by atoms with Crippen LogP contribution in [0.15, 0.2) is 6.07 Å². The van der Waals surface area contributed by atoms with Crippen molar-refractivity contribution in [2.45, 2.75) is 0 Å². The third kappa shape index (κ3) is 3.85. The summed E-state index contributed by atoms with van der Waals surface area (Å²) in [5, 5.41) is 19.3. The molecule has 0 aliphatic rings. The van der Waals surface area contributed by atoms with E-state index in [4.69, 9.17) is 10.2 Å². The molecule has 0 bridgehead atoms. The second kappa shape index (κ2) is 6.75. The maximum atomic E-state index is 13.3. The molecule has 1 aromatic rings. The number of carbonyl (C=O) groups is 2. The van der Waals surface area contributed by atoms with Crippen molar-refractivity contribution in [3.63, 3.8) is 0 Å². The van der Waals surface area contributed by atoms with E-state index >= 15 is 0 Å². The lowest BCUT2D eigenvalue weighted by Crippen LogP contribution is -2.29. The monoisotopic (exact) mass is 293 g/mol. The first kappa shape index (κ1) is 15.8. The number of hydrogen-bond donors (Lipinski definition) is 3. The molecule has 0 aliphatic heterocycles. The van der Waals surface area contributed by atoms with E-state index in [0.717, 1.165) is 0 Å². The van der Waals surface area contributed by atoms with Gasteiger partial charge >= 0.3 is 5.97 Å². The number of aromatic hydroxyl groups is 1. The highest BCUT2D eigenvalue weighted by Gasteiger charge is 2.22. The number of halogens is 3. The molecule has 6 nitrogen and oxygen atoms in total. The summed E-state index contributed by atoms with van der Waals surface area (Å²) < 4.78 is 43.7. The standard InChI is InChI=1S/C11H10F3NO5/c12-6-3-5(8(13)10(18)9(6)14)11(19)15-1-2-20-4-7(16)17/h3,18H,1-2,4H2,(H,15,19)(H,16,17). The molecule has 0 radical (unpaired) electrons. The number of ether oxygens (including phenoxy) is 1. The van der Waals surface area contributed by atoms with Crippen LogP contribution in [0.25, 0.3) is 0 Å². The minimum atomic E-state index is -1.79. The van der Waals surface area contributed by atoms with Gasteiger partial charge in [-0.1, -0.05) is 0 Å². The van der Waals surface area contributed by atoms with Crippen molar-refractivity contribution in [1.82, 2.24) is 5.32 Å².